The highest BCUT2D eigenvalue weighted by atomic mass is 19.1. The SMILES string of the molecule is CO[C@@H]1CO[C@]2(CCCN(C(=O)C3(F)CCC3)C2)C1. The minimum Gasteiger partial charge on any atom is -0.379 e. The maximum absolute atomic E-state index is 14.2. The van der Waals surface area contributed by atoms with Crippen LogP contribution in [0.2, 0.25) is 0 Å². The number of carbonyl (C=O) groups is 1. The summed E-state index contributed by atoms with van der Waals surface area (Å²) in [5, 5.41) is 0. The van der Waals surface area contributed by atoms with E-state index in [2.05, 4.69) is 0 Å². The number of rotatable bonds is 2. The van der Waals surface area contributed by atoms with E-state index in [1.165, 1.54) is 0 Å². The first-order valence-corrected chi connectivity index (χ1v) is 7.22. The molecule has 0 aromatic heterocycles. The summed E-state index contributed by atoms with van der Waals surface area (Å²) < 4.78 is 25.5. The van der Waals surface area contributed by atoms with Crippen molar-refractivity contribution in [1.29, 1.82) is 0 Å². The van der Waals surface area contributed by atoms with Gasteiger partial charge in [0.2, 0.25) is 0 Å². The summed E-state index contributed by atoms with van der Waals surface area (Å²) >= 11 is 0. The summed E-state index contributed by atoms with van der Waals surface area (Å²) in [7, 11) is 1.68. The number of halogens is 1. The molecule has 0 N–H and O–H groups in total. The highest BCUT2D eigenvalue weighted by Crippen LogP contribution is 2.41. The average molecular weight is 271 g/mol. The van der Waals surface area contributed by atoms with Gasteiger partial charge in [-0.2, -0.15) is 0 Å². The van der Waals surface area contributed by atoms with Gasteiger partial charge in [0.1, 0.15) is 0 Å². The molecule has 3 rings (SSSR count). The number of ether oxygens (including phenoxy) is 2. The Balaban J connectivity index is 1.67. The molecule has 0 bridgehead atoms. The maximum Gasteiger partial charge on any atom is 0.260 e. The highest BCUT2D eigenvalue weighted by Gasteiger charge is 2.51. The van der Waals surface area contributed by atoms with Crippen LogP contribution in [0.25, 0.3) is 0 Å². The Kier molecular flexibility index (Phi) is 3.29. The summed E-state index contributed by atoms with van der Waals surface area (Å²) in [6.07, 6.45) is 4.34. The lowest BCUT2D eigenvalue weighted by Crippen LogP contribution is -2.57. The Morgan fingerprint density at radius 1 is 1.37 bits per heavy atom. The fourth-order valence-electron chi connectivity index (χ4n) is 3.49. The monoisotopic (exact) mass is 271 g/mol. The molecule has 1 aliphatic carbocycles. The van der Waals surface area contributed by atoms with Crippen LogP contribution in [0.3, 0.4) is 0 Å². The fraction of sp³-hybridized carbons (Fsp3) is 0.929. The Morgan fingerprint density at radius 3 is 2.74 bits per heavy atom. The van der Waals surface area contributed by atoms with Crippen LogP contribution in [-0.4, -0.2) is 55.0 Å². The quantitative estimate of drug-likeness (QED) is 0.767. The van der Waals surface area contributed by atoms with E-state index in [0.29, 0.717) is 32.5 Å². The lowest BCUT2D eigenvalue weighted by atomic mass is 9.79. The van der Waals surface area contributed by atoms with Gasteiger partial charge in [-0.05, 0) is 32.1 Å². The van der Waals surface area contributed by atoms with Gasteiger partial charge in [-0.3, -0.25) is 4.79 Å². The van der Waals surface area contributed by atoms with Crippen LogP contribution in [0.15, 0.2) is 0 Å². The third kappa shape index (κ3) is 2.27. The van der Waals surface area contributed by atoms with Crippen LogP contribution < -0.4 is 0 Å². The standard InChI is InChI=1S/C14H22FNO3/c1-18-11-8-13(19-9-11)4-3-7-16(10-13)12(17)14(15)5-2-6-14/h11H,2-10H2,1H3/t11-,13+/m0/s1. The normalized spacial score (nSPS) is 37.4. The van der Waals surface area contributed by atoms with E-state index in [9.17, 15) is 9.18 Å². The van der Waals surface area contributed by atoms with E-state index in [0.717, 1.165) is 25.7 Å². The van der Waals surface area contributed by atoms with Crippen LogP contribution in [0, 0.1) is 0 Å². The molecule has 19 heavy (non-hydrogen) atoms. The van der Waals surface area contributed by atoms with Crippen molar-refractivity contribution in [3.05, 3.63) is 0 Å². The molecule has 5 heteroatoms. The van der Waals surface area contributed by atoms with Crippen molar-refractivity contribution >= 4 is 5.91 Å². The van der Waals surface area contributed by atoms with Crippen molar-refractivity contribution < 1.29 is 18.7 Å². The molecule has 4 nitrogen and oxygen atoms in total. The number of likely N-dealkylation sites (tertiary alicyclic amines) is 1. The number of amides is 1. The minimum atomic E-state index is -1.59. The highest BCUT2D eigenvalue weighted by molar-refractivity contribution is 5.86. The van der Waals surface area contributed by atoms with Gasteiger partial charge in [-0.1, -0.05) is 0 Å². The van der Waals surface area contributed by atoms with Crippen molar-refractivity contribution in [2.75, 3.05) is 26.8 Å². The number of carbonyl (C=O) groups excluding carboxylic acids is 1. The Hall–Kier alpha value is -0.680. The van der Waals surface area contributed by atoms with E-state index in [1.807, 2.05) is 0 Å². The van der Waals surface area contributed by atoms with Gasteiger partial charge >= 0.3 is 0 Å². The second-order valence-corrected chi connectivity index (χ2v) is 6.20. The van der Waals surface area contributed by atoms with Gasteiger partial charge < -0.3 is 14.4 Å². The van der Waals surface area contributed by atoms with E-state index >= 15 is 0 Å². The summed E-state index contributed by atoms with van der Waals surface area (Å²) in [5.41, 5.74) is -1.88. The lowest BCUT2D eigenvalue weighted by molar-refractivity contribution is -0.157. The fourth-order valence-corrected chi connectivity index (χ4v) is 3.49. The number of nitrogens with zero attached hydrogens (tertiary/aromatic N) is 1. The first kappa shape index (κ1) is 13.3. The molecule has 2 aliphatic heterocycles. The number of hydrogen-bond acceptors (Lipinski definition) is 3. The molecule has 0 unspecified atom stereocenters. The molecule has 0 radical (unpaired) electrons. The van der Waals surface area contributed by atoms with Crippen LogP contribution in [-0.2, 0) is 14.3 Å². The molecule has 2 saturated heterocycles. The van der Waals surface area contributed by atoms with Crippen molar-refractivity contribution in [3.8, 4) is 0 Å². The maximum atomic E-state index is 14.2. The van der Waals surface area contributed by atoms with Crippen LogP contribution >= 0.6 is 0 Å². The molecule has 0 aromatic rings. The molecule has 0 aromatic carbocycles. The van der Waals surface area contributed by atoms with Crippen LogP contribution in [0.1, 0.15) is 38.5 Å². The Labute approximate surface area is 113 Å². The Bertz CT molecular complexity index is 372. The second-order valence-electron chi connectivity index (χ2n) is 6.20. The van der Waals surface area contributed by atoms with Crippen molar-refractivity contribution in [3.63, 3.8) is 0 Å². The zero-order chi connectivity index (χ0) is 13.5. The Morgan fingerprint density at radius 2 is 2.16 bits per heavy atom. The first-order valence-electron chi connectivity index (χ1n) is 7.22. The first-order chi connectivity index (χ1) is 9.07. The molecule has 108 valence electrons. The van der Waals surface area contributed by atoms with Gasteiger partial charge in [-0.25, -0.2) is 4.39 Å². The van der Waals surface area contributed by atoms with Gasteiger partial charge in [-0.15, -0.1) is 0 Å². The van der Waals surface area contributed by atoms with Crippen LogP contribution in [0.5, 0.6) is 0 Å². The molecule has 1 saturated carbocycles. The zero-order valence-corrected chi connectivity index (χ0v) is 11.5. The van der Waals surface area contributed by atoms with Gasteiger partial charge in [0.15, 0.2) is 5.67 Å². The van der Waals surface area contributed by atoms with E-state index in [-0.39, 0.29) is 17.6 Å². The minimum absolute atomic E-state index is 0.109. The molecule has 1 amide bonds. The van der Waals surface area contributed by atoms with E-state index in [1.54, 1.807) is 12.0 Å². The largest absolute Gasteiger partial charge is 0.379 e. The summed E-state index contributed by atoms with van der Waals surface area (Å²) in [6.45, 7) is 1.77. The third-order valence-electron chi connectivity index (χ3n) is 4.86. The molecule has 3 fully saturated rings. The summed E-state index contributed by atoms with van der Waals surface area (Å²) in [4.78, 5) is 13.9. The van der Waals surface area contributed by atoms with Crippen molar-refractivity contribution in [2.24, 2.45) is 0 Å². The van der Waals surface area contributed by atoms with E-state index in [4.69, 9.17) is 9.47 Å². The molecule has 1 spiro atoms. The average Bonchev–Trinajstić information content (AvgIpc) is 2.78. The molecule has 3 aliphatic rings. The predicted octanol–water partition coefficient (Wildman–Crippen LogP) is 1.68. The molecule has 2 atom stereocenters. The summed E-state index contributed by atoms with van der Waals surface area (Å²) in [6, 6.07) is 0. The second kappa shape index (κ2) is 4.70. The van der Waals surface area contributed by atoms with Crippen molar-refractivity contribution in [1.82, 2.24) is 4.90 Å². The van der Waals surface area contributed by atoms with E-state index < -0.39 is 5.67 Å². The van der Waals surface area contributed by atoms with Gasteiger partial charge in [0, 0.05) is 26.6 Å². The smallest absolute Gasteiger partial charge is 0.260 e. The predicted molar refractivity (Wildman–Crippen MR) is 67.6 cm³/mol. The number of hydrogen-bond donors (Lipinski definition) is 0. The molecule has 2 heterocycles. The summed E-state index contributed by atoms with van der Waals surface area (Å²) in [5.74, 6) is -0.317. The van der Waals surface area contributed by atoms with Crippen molar-refractivity contribution in [2.45, 2.75) is 55.9 Å². The molecular weight excluding hydrogens is 249 g/mol. The van der Waals surface area contributed by atoms with Gasteiger partial charge in [0.25, 0.3) is 5.91 Å². The zero-order valence-electron chi connectivity index (χ0n) is 11.5. The number of alkyl halides is 1. The third-order valence-corrected chi connectivity index (χ3v) is 4.86. The van der Waals surface area contributed by atoms with Crippen LogP contribution in [0.4, 0.5) is 4.39 Å². The number of methoxy groups -OCH3 is 1. The topological polar surface area (TPSA) is 38.8 Å². The van der Waals surface area contributed by atoms with Gasteiger partial charge in [0.05, 0.1) is 18.3 Å². The number of piperidine rings is 1. The lowest BCUT2D eigenvalue weighted by Gasteiger charge is -2.44. The molecular formula is C14H22FNO3.